The van der Waals surface area contributed by atoms with Crippen LogP contribution in [0.4, 0.5) is 11.4 Å². The highest BCUT2D eigenvalue weighted by molar-refractivity contribution is 5.91. The van der Waals surface area contributed by atoms with Gasteiger partial charge in [0.15, 0.2) is 0 Å². The minimum absolute atomic E-state index is 0.192. The van der Waals surface area contributed by atoms with Crippen LogP contribution in [0.1, 0.15) is 21.5 Å². The maximum absolute atomic E-state index is 10.9. The summed E-state index contributed by atoms with van der Waals surface area (Å²) in [4.78, 5) is 10.9. The first-order valence-electron chi connectivity index (χ1n) is 6.03. The second kappa shape index (κ2) is 5.52. The Morgan fingerprint density at radius 1 is 1.10 bits per heavy atom. The number of aryl methyl sites for hydroxylation is 1. The van der Waals surface area contributed by atoms with Gasteiger partial charge in [0.1, 0.15) is 11.3 Å². The Labute approximate surface area is 116 Å². The molecule has 102 valence electrons. The van der Waals surface area contributed by atoms with E-state index in [1.807, 2.05) is 32.0 Å². The number of hydrogen-bond donors (Lipinski definition) is 2. The molecule has 0 aromatic heterocycles. The fraction of sp³-hybridized carbons (Fsp3) is 0.133. The summed E-state index contributed by atoms with van der Waals surface area (Å²) in [6, 6.07) is 9.79. The summed E-state index contributed by atoms with van der Waals surface area (Å²) in [6.45, 7) is 3.93. The molecule has 0 saturated carbocycles. The highest BCUT2D eigenvalue weighted by Gasteiger charge is 2.09. The fourth-order valence-electron chi connectivity index (χ4n) is 1.71. The van der Waals surface area contributed by atoms with Crippen LogP contribution in [0.25, 0.3) is 0 Å². The van der Waals surface area contributed by atoms with Crippen molar-refractivity contribution in [1.82, 2.24) is 0 Å². The van der Waals surface area contributed by atoms with E-state index in [0.717, 1.165) is 16.8 Å². The molecule has 0 atom stereocenters. The van der Waals surface area contributed by atoms with Crippen molar-refractivity contribution in [3.8, 4) is 5.75 Å². The minimum Gasteiger partial charge on any atom is -0.507 e. The summed E-state index contributed by atoms with van der Waals surface area (Å²) >= 11 is 0. The van der Waals surface area contributed by atoms with Gasteiger partial charge < -0.3 is 10.2 Å². The van der Waals surface area contributed by atoms with Crippen LogP contribution in [0.2, 0.25) is 0 Å². The number of carboxylic acid groups (broad SMARTS) is 1. The summed E-state index contributed by atoms with van der Waals surface area (Å²) in [7, 11) is 0. The third-order valence-electron chi connectivity index (χ3n) is 3.06. The molecule has 0 spiro atoms. The average Bonchev–Trinajstić information content (AvgIpc) is 2.41. The Balaban J connectivity index is 2.34. The van der Waals surface area contributed by atoms with E-state index >= 15 is 0 Å². The van der Waals surface area contributed by atoms with Crippen molar-refractivity contribution in [1.29, 1.82) is 0 Å². The first-order valence-corrected chi connectivity index (χ1v) is 6.03. The summed E-state index contributed by atoms with van der Waals surface area (Å²) in [6.07, 6.45) is 0. The lowest BCUT2D eigenvalue weighted by Gasteiger charge is -2.03. The van der Waals surface area contributed by atoms with E-state index in [2.05, 4.69) is 10.2 Å². The summed E-state index contributed by atoms with van der Waals surface area (Å²) in [5, 5.41) is 26.5. The number of nitrogens with zero attached hydrogens (tertiary/aromatic N) is 2. The molecule has 0 fully saturated rings. The molecule has 0 amide bonds. The third kappa shape index (κ3) is 2.83. The van der Waals surface area contributed by atoms with Gasteiger partial charge in [0, 0.05) is 0 Å². The van der Waals surface area contributed by atoms with Crippen molar-refractivity contribution in [2.24, 2.45) is 10.2 Å². The number of hydrogen-bond acceptors (Lipinski definition) is 4. The highest BCUT2D eigenvalue weighted by atomic mass is 16.4. The summed E-state index contributed by atoms with van der Waals surface area (Å²) < 4.78 is 0. The van der Waals surface area contributed by atoms with E-state index < -0.39 is 5.97 Å². The molecule has 2 aromatic carbocycles. The van der Waals surface area contributed by atoms with E-state index in [9.17, 15) is 9.90 Å². The Bertz CT molecular complexity index is 694. The zero-order chi connectivity index (χ0) is 14.7. The van der Waals surface area contributed by atoms with Gasteiger partial charge in [-0.25, -0.2) is 4.79 Å². The molecule has 0 aliphatic heterocycles. The first-order chi connectivity index (χ1) is 9.49. The predicted molar refractivity (Wildman–Crippen MR) is 75.2 cm³/mol. The number of azo groups is 1. The summed E-state index contributed by atoms with van der Waals surface area (Å²) in [5.41, 5.74) is 3.05. The molecule has 5 nitrogen and oxygen atoms in total. The van der Waals surface area contributed by atoms with Gasteiger partial charge in [-0.15, -0.1) is 0 Å². The van der Waals surface area contributed by atoms with Gasteiger partial charge >= 0.3 is 5.97 Å². The van der Waals surface area contributed by atoms with Gasteiger partial charge in [0.05, 0.1) is 11.4 Å². The zero-order valence-electron chi connectivity index (χ0n) is 11.2. The molecule has 0 heterocycles. The number of benzene rings is 2. The molecule has 20 heavy (non-hydrogen) atoms. The predicted octanol–water partition coefficient (Wildman–Crippen LogP) is 4.12. The second-order valence-electron chi connectivity index (χ2n) is 4.43. The standard InChI is InChI=1S/C15H14N2O3/c1-9-4-3-5-13(10(9)2)17-16-11-6-7-14(18)12(8-11)15(19)20/h3-8,18H,1-2H3,(H,19,20). The van der Waals surface area contributed by atoms with Crippen molar-refractivity contribution < 1.29 is 15.0 Å². The molecule has 0 radical (unpaired) electrons. The Morgan fingerprint density at radius 3 is 2.55 bits per heavy atom. The van der Waals surface area contributed by atoms with Crippen LogP contribution < -0.4 is 0 Å². The lowest BCUT2D eigenvalue weighted by atomic mass is 10.1. The number of rotatable bonds is 3. The van der Waals surface area contributed by atoms with Gasteiger partial charge in [-0.05, 0) is 49.2 Å². The van der Waals surface area contributed by atoms with Crippen LogP contribution in [-0.2, 0) is 0 Å². The van der Waals surface area contributed by atoms with Crippen LogP contribution in [0.3, 0.4) is 0 Å². The SMILES string of the molecule is Cc1cccc(N=Nc2ccc(O)c(C(=O)O)c2)c1C. The summed E-state index contributed by atoms with van der Waals surface area (Å²) in [5.74, 6) is -1.49. The van der Waals surface area contributed by atoms with Gasteiger partial charge in [-0.1, -0.05) is 12.1 Å². The molecule has 0 aliphatic carbocycles. The van der Waals surface area contributed by atoms with Gasteiger partial charge in [-0.2, -0.15) is 10.2 Å². The molecule has 2 rings (SSSR count). The molecule has 0 saturated heterocycles. The second-order valence-corrected chi connectivity index (χ2v) is 4.43. The van der Waals surface area contributed by atoms with E-state index in [1.54, 1.807) is 0 Å². The van der Waals surface area contributed by atoms with Crippen LogP contribution in [0.15, 0.2) is 46.6 Å². The van der Waals surface area contributed by atoms with Gasteiger partial charge in [0.2, 0.25) is 0 Å². The van der Waals surface area contributed by atoms with E-state index in [0.29, 0.717) is 5.69 Å². The van der Waals surface area contributed by atoms with Crippen LogP contribution in [0.5, 0.6) is 5.75 Å². The molecular weight excluding hydrogens is 256 g/mol. The first kappa shape index (κ1) is 13.7. The van der Waals surface area contributed by atoms with E-state index in [1.165, 1.54) is 18.2 Å². The van der Waals surface area contributed by atoms with E-state index in [4.69, 9.17) is 5.11 Å². The van der Waals surface area contributed by atoms with Crippen molar-refractivity contribution >= 4 is 17.3 Å². The normalized spacial score (nSPS) is 10.9. The topological polar surface area (TPSA) is 82.2 Å². The third-order valence-corrected chi connectivity index (χ3v) is 3.06. The van der Waals surface area contributed by atoms with Gasteiger partial charge in [0.25, 0.3) is 0 Å². The number of carbonyl (C=O) groups is 1. The maximum atomic E-state index is 10.9. The number of aromatic carboxylic acids is 1. The fourth-order valence-corrected chi connectivity index (χ4v) is 1.71. The molecule has 2 aromatic rings. The molecular formula is C15H14N2O3. The van der Waals surface area contributed by atoms with Crippen LogP contribution >= 0.6 is 0 Å². The largest absolute Gasteiger partial charge is 0.507 e. The monoisotopic (exact) mass is 270 g/mol. The molecule has 5 heteroatoms. The van der Waals surface area contributed by atoms with Crippen molar-refractivity contribution in [3.63, 3.8) is 0 Å². The van der Waals surface area contributed by atoms with Gasteiger partial charge in [-0.3, -0.25) is 0 Å². The zero-order valence-corrected chi connectivity index (χ0v) is 11.2. The van der Waals surface area contributed by atoms with E-state index in [-0.39, 0.29) is 11.3 Å². The number of phenols is 1. The smallest absolute Gasteiger partial charge is 0.339 e. The Hall–Kier alpha value is -2.69. The van der Waals surface area contributed by atoms with Crippen molar-refractivity contribution in [2.75, 3.05) is 0 Å². The molecule has 2 N–H and O–H groups in total. The average molecular weight is 270 g/mol. The van der Waals surface area contributed by atoms with Crippen molar-refractivity contribution in [3.05, 3.63) is 53.1 Å². The molecule has 0 unspecified atom stereocenters. The highest BCUT2D eigenvalue weighted by Crippen LogP contribution is 2.27. The quantitative estimate of drug-likeness (QED) is 0.823. The Kier molecular flexibility index (Phi) is 3.79. The maximum Gasteiger partial charge on any atom is 0.339 e. The lowest BCUT2D eigenvalue weighted by Crippen LogP contribution is -1.95. The molecule has 0 aliphatic rings. The van der Waals surface area contributed by atoms with Crippen LogP contribution in [-0.4, -0.2) is 16.2 Å². The lowest BCUT2D eigenvalue weighted by molar-refractivity contribution is 0.0694. The number of carboxylic acids is 1. The Morgan fingerprint density at radius 2 is 1.85 bits per heavy atom. The molecule has 0 bridgehead atoms. The minimum atomic E-state index is -1.20. The van der Waals surface area contributed by atoms with Crippen LogP contribution in [0, 0.1) is 13.8 Å². The number of aromatic hydroxyl groups is 1. The van der Waals surface area contributed by atoms with Crippen molar-refractivity contribution in [2.45, 2.75) is 13.8 Å².